The number of esters is 1. The maximum Gasteiger partial charge on any atom is 0.307 e. The summed E-state index contributed by atoms with van der Waals surface area (Å²) in [6, 6.07) is 2.01. The van der Waals surface area contributed by atoms with Gasteiger partial charge in [0.2, 0.25) is 5.95 Å². The first-order valence-corrected chi connectivity index (χ1v) is 6.93. The second kappa shape index (κ2) is 5.90. The number of carbonyl (C=O) groups excluding carboxylic acids is 1. The smallest absolute Gasteiger partial charge is 0.307 e. The van der Waals surface area contributed by atoms with Crippen LogP contribution in [0.3, 0.4) is 0 Å². The van der Waals surface area contributed by atoms with E-state index in [4.69, 9.17) is 4.74 Å². The van der Waals surface area contributed by atoms with E-state index < -0.39 is 0 Å². The van der Waals surface area contributed by atoms with E-state index in [1.165, 1.54) is 7.11 Å². The Morgan fingerprint density at radius 3 is 3.14 bits per heavy atom. The summed E-state index contributed by atoms with van der Waals surface area (Å²) in [6.45, 7) is 0.891. The van der Waals surface area contributed by atoms with Crippen LogP contribution in [0.15, 0.2) is 31.0 Å². The van der Waals surface area contributed by atoms with Crippen molar-refractivity contribution in [3.05, 3.63) is 31.0 Å². The van der Waals surface area contributed by atoms with E-state index in [0.29, 0.717) is 12.4 Å². The van der Waals surface area contributed by atoms with E-state index >= 15 is 0 Å². The normalized spacial score (nSPS) is 18.0. The van der Waals surface area contributed by atoms with Crippen LogP contribution in [0.1, 0.15) is 19.3 Å². The average molecular weight is 287 g/mol. The molecule has 0 bridgehead atoms. The number of carbonyl (C=O) groups is 1. The SMILES string of the molecule is COC(=O)C[C@H]1CCCN1c1ccnc(-n2ccnc2)n1. The lowest BCUT2D eigenvalue weighted by Gasteiger charge is -2.25. The third-order valence-corrected chi connectivity index (χ3v) is 3.66. The van der Waals surface area contributed by atoms with E-state index in [1.54, 1.807) is 29.5 Å². The van der Waals surface area contributed by atoms with Crippen molar-refractivity contribution in [1.29, 1.82) is 0 Å². The molecule has 7 heteroatoms. The lowest BCUT2D eigenvalue weighted by atomic mass is 10.1. The molecule has 1 saturated heterocycles. The van der Waals surface area contributed by atoms with Crippen LogP contribution in [-0.4, -0.2) is 45.2 Å². The lowest BCUT2D eigenvalue weighted by molar-refractivity contribution is -0.140. The number of nitrogens with zero attached hydrogens (tertiary/aromatic N) is 5. The number of aromatic nitrogens is 4. The van der Waals surface area contributed by atoms with Crippen LogP contribution in [0.5, 0.6) is 0 Å². The number of ether oxygens (including phenoxy) is 1. The molecule has 3 rings (SSSR count). The van der Waals surface area contributed by atoms with Gasteiger partial charge in [-0.3, -0.25) is 9.36 Å². The molecule has 1 fully saturated rings. The van der Waals surface area contributed by atoms with Crippen LogP contribution in [0.25, 0.3) is 5.95 Å². The molecule has 21 heavy (non-hydrogen) atoms. The maximum absolute atomic E-state index is 11.5. The highest BCUT2D eigenvalue weighted by molar-refractivity contribution is 5.70. The summed E-state index contributed by atoms with van der Waals surface area (Å²) in [7, 11) is 1.42. The van der Waals surface area contributed by atoms with Gasteiger partial charge >= 0.3 is 5.97 Å². The Balaban J connectivity index is 1.82. The molecule has 2 aromatic heterocycles. The quantitative estimate of drug-likeness (QED) is 0.787. The number of imidazole rings is 1. The molecule has 1 aliphatic heterocycles. The summed E-state index contributed by atoms with van der Waals surface area (Å²) < 4.78 is 6.53. The minimum Gasteiger partial charge on any atom is -0.469 e. The minimum absolute atomic E-state index is 0.142. The zero-order valence-electron chi connectivity index (χ0n) is 11.8. The van der Waals surface area contributed by atoms with Gasteiger partial charge in [-0.2, -0.15) is 4.98 Å². The van der Waals surface area contributed by atoms with Crippen LogP contribution >= 0.6 is 0 Å². The second-order valence-corrected chi connectivity index (χ2v) is 4.95. The summed E-state index contributed by atoms with van der Waals surface area (Å²) in [5.74, 6) is 1.23. The number of hydrogen-bond donors (Lipinski definition) is 0. The Kier molecular flexibility index (Phi) is 3.81. The fraction of sp³-hybridized carbons (Fsp3) is 0.429. The van der Waals surface area contributed by atoms with Gasteiger partial charge in [0, 0.05) is 31.2 Å². The van der Waals surface area contributed by atoms with Crippen molar-refractivity contribution in [2.45, 2.75) is 25.3 Å². The summed E-state index contributed by atoms with van der Waals surface area (Å²) >= 11 is 0. The first-order chi connectivity index (χ1) is 10.3. The number of hydrogen-bond acceptors (Lipinski definition) is 6. The molecule has 1 aliphatic rings. The second-order valence-electron chi connectivity index (χ2n) is 4.95. The Hall–Kier alpha value is -2.44. The Morgan fingerprint density at radius 2 is 2.38 bits per heavy atom. The van der Waals surface area contributed by atoms with Crippen molar-refractivity contribution in [2.24, 2.45) is 0 Å². The topological polar surface area (TPSA) is 73.1 Å². The van der Waals surface area contributed by atoms with Crippen LogP contribution in [0, 0.1) is 0 Å². The van der Waals surface area contributed by atoms with Gasteiger partial charge in [0.1, 0.15) is 12.1 Å². The van der Waals surface area contributed by atoms with Crippen molar-refractivity contribution < 1.29 is 9.53 Å². The average Bonchev–Trinajstić information content (AvgIpc) is 3.18. The summed E-state index contributed by atoms with van der Waals surface area (Å²) in [6.07, 6.45) is 9.29. The molecule has 0 N–H and O–H groups in total. The monoisotopic (exact) mass is 287 g/mol. The summed E-state index contributed by atoms with van der Waals surface area (Å²) in [5.41, 5.74) is 0. The van der Waals surface area contributed by atoms with Gasteiger partial charge < -0.3 is 9.64 Å². The van der Waals surface area contributed by atoms with Gasteiger partial charge in [0.25, 0.3) is 0 Å². The molecule has 0 amide bonds. The van der Waals surface area contributed by atoms with Gasteiger partial charge in [-0.05, 0) is 18.9 Å². The first-order valence-electron chi connectivity index (χ1n) is 6.93. The largest absolute Gasteiger partial charge is 0.469 e. The van der Waals surface area contributed by atoms with Gasteiger partial charge in [-0.15, -0.1) is 0 Å². The first kappa shape index (κ1) is 13.5. The third kappa shape index (κ3) is 2.86. The Labute approximate surface area is 122 Å². The molecule has 0 aliphatic carbocycles. The third-order valence-electron chi connectivity index (χ3n) is 3.66. The van der Waals surface area contributed by atoms with Crippen LogP contribution in [0.4, 0.5) is 5.82 Å². The fourth-order valence-corrected chi connectivity index (χ4v) is 2.63. The van der Waals surface area contributed by atoms with E-state index in [-0.39, 0.29) is 12.0 Å². The molecule has 7 nitrogen and oxygen atoms in total. The Morgan fingerprint density at radius 1 is 1.48 bits per heavy atom. The lowest BCUT2D eigenvalue weighted by Crippen LogP contribution is -2.32. The highest BCUT2D eigenvalue weighted by atomic mass is 16.5. The number of rotatable bonds is 4. The number of methoxy groups -OCH3 is 1. The molecular formula is C14H17N5O2. The van der Waals surface area contributed by atoms with Gasteiger partial charge in [-0.1, -0.05) is 0 Å². The highest BCUT2D eigenvalue weighted by Crippen LogP contribution is 2.26. The van der Waals surface area contributed by atoms with Gasteiger partial charge in [0.15, 0.2) is 0 Å². The van der Waals surface area contributed by atoms with Crippen LogP contribution in [-0.2, 0) is 9.53 Å². The van der Waals surface area contributed by atoms with Crippen molar-refractivity contribution in [1.82, 2.24) is 19.5 Å². The molecule has 0 unspecified atom stereocenters. The summed E-state index contributed by atoms with van der Waals surface area (Å²) in [5, 5.41) is 0. The zero-order valence-corrected chi connectivity index (χ0v) is 11.8. The molecule has 0 spiro atoms. The van der Waals surface area contributed by atoms with Crippen molar-refractivity contribution in [2.75, 3.05) is 18.6 Å². The molecule has 0 aromatic carbocycles. The van der Waals surface area contributed by atoms with E-state index in [2.05, 4.69) is 19.9 Å². The molecule has 3 heterocycles. The van der Waals surface area contributed by atoms with E-state index in [9.17, 15) is 4.79 Å². The molecule has 1 atom stereocenters. The predicted molar refractivity (Wildman–Crippen MR) is 76.2 cm³/mol. The van der Waals surface area contributed by atoms with Crippen molar-refractivity contribution in [3.8, 4) is 5.95 Å². The van der Waals surface area contributed by atoms with Crippen LogP contribution < -0.4 is 4.90 Å². The molecule has 0 saturated carbocycles. The van der Waals surface area contributed by atoms with Crippen molar-refractivity contribution in [3.63, 3.8) is 0 Å². The van der Waals surface area contributed by atoms with Gasteiger partial charge in [-0.25, -0.2) is 9.97 Å². The maximum atomic E-state index is 11.5. The van der Waals surface area contributed by atoms with Crippen LogP contribution in [0.2, 0.25) is 0 Å². The standard InChI is InChI=1S/C14H17N5O2/c1-21-13(20)9-11-3-2-7-19(11)12-4-5-16-14(17-12)18-8-6-15-10-18/h4-6,8,10-11H,2-3,7,9H2,1H3/t11-/m1/s1. The molecule has 0 radical (unpaired) electrons. The fourth-order valence-electron chi connectivity index (χ4n) is 2.63. The van der Waals surface area contributed by atoms with E-state index in [1.807, 2.05) is 6.07 Å². The number of anilines is 1. The predicted octanol–water partition coefficient (Wildman–Crippen LogP) is 1.19. The van der Waals surface area contributed by atoms with Gasteiger partial charge in [0.05, 0.1) is 13.5 Å². The minimum atomic E-state index is -0.184. The highest BCUT2D eigenvalue weighted by Gasteiger charge is 2.28. The van der Waals surface area contributed by atoms with Crippen molar-refractivity contribution >= 4 is 11.8 Å². The Bertz CT molecular complexity index is 614. The molecule has 2 aromatic rings. The zero-order chi connectivity index (χ0) is 14.7. The molecular weight excluding hydrogens is 270 g/mol. The van der Waals surface area contributed by atoms with E-state index in [0.717, 1.165) is 25.2 Å². The summed E-state index contributed by atoms with van der Waals surface area (Å²) in [4.78, 5) is 26.5. The molecule has 110 valence electrons.